The number of nitrogens with one attached hydrogen (secondary N) is 1. The monoisotopic (exact) mass is 526 g/mol. The molecule has 35 heavy (non-hydrogen) atoms. The van der Waals surface area contributed by atoms with E-state index in [1.807, 2.05) is 25.1 Å². The molecule has 3 amide bonds. The van der Waals surface area contributed by atoms with Crippen molar-refractivity contribution >= 4 is 63.8 Å². The van der Waals surface area contributed by atoms with Gasteiger partial charge in [-0.2, -0.15) is 0 Å². The molecule has 3 aromatic rings. The van der Waals surface area contributed by atoms with Gasteiger partial charge in [0, 0.05) is 5.69 Å². The third kappa shape index (κ3) is 6.45. The number of carbonyl (C=O) groups excluding carboxylic acids is 3. The topological polar surface area (TPSA) is 75.7 Å². The average molecular weight is 527 g/mol. The van der Waals surface area contributed by atoms with Gasteiger partial charge in [-0.05, 0) is 77.9 Å². The molecule has 1 aliphatic heterocycles. The molecule has 178 valence electrons. The summed E-state index contributed by atoms with van der Waals surface area (Å²) in [6.45, 7) is 1.87. The molecule has 1 saturated heterocycles. The van der Waals surface area contributed by atoms with Crippen LogP contribution in [0, 0.1) is 6.92 Å². The van der Waals surface area contributed by atoms with Gasteiger partial charge in [0.05, 0.1) is 21.5 Å². The Labute approximate surface area is 216 Å². The van der Waals surface area contributed by atoms with Crippen LogP contribution in [0.25, 0.3) is 6.08 Å². The zero-order valence-electron chi connectivity index (χ0n) is 18.6. The van der Waals surface area contributed by atoms with Gasteiger partial charge in [-0.3, -0.25) is 19.3 Å². The number of nitrogens with zero attached hydrogens (tertiary/aromatic N) is 1. The first kappa shape index (κ1) is 24.9. The molecule has 0 spiro atoms. The molecule has 0 atom stereocenters. The van der Waals surface area contributed by atoms with E-state index in [2.05, 4.69) is 5.32 Å². The standard InChI is InChI=1S/C26H20Cl2N2O4S/c1-16-4-2-6-19(10-16)29-24(31)15-34-20-7-3-5-17(11-20)13-23-25(32)30(26(33)35-23)14-18-8-9-21(27)22(28)12-18/h2-13H,14-15H2,1H3,(H,29,31)/b23-13-. The van der Waals surface area contributed by atoms with E-state index in [1.54, 1.807) is 54.6 Å². The summed E-state index contributed by atoms with van der Waals surface area (Å²) in [7, 11) is 0. The molecule has 0 saturated carbocycles. The van der Waals surface area contributed by atoms with Crippen molar-refractivity contribution in [3.05, 3.63) is 98.4 Å². The highest BCUT2D eigenvalue weighted by Gasteiger charge is 2.35. The molecule has 6 nitrogen and oxygen atoms in total. The van der Waals surface area contributed by atoms with E-state index in [1.165, 1.54) is 0 Å². The highest BCUT2D eigenvalue weighted by Crippen LogP contribution is 2.34. The van der Waals surface area contributed by atoms with E-state index in [9.17, 15) is 14.4 Å². The summed E-state index contributed by atoms with van der Waals surface area (Å²) in [6, 6.07) is 19.4. The largest absolute Gasteiger partial charge is 0.484 e. The van der Waals surface area contributed by atoms with Crippen LogP contribution in [0.15, 0.2) is 71.6 Å². The van der Waals surface area contributed by atoms with Crippen molar-refractivity contribution < 1.29 is 19.1 Å². The molecule has 0 radical (unpaired) electrons. The minimum atomic E-state index is -0.394. The SMILES string of the molecule is Cc1cccc(NC(=O)COc2cccc(/C=C3\SC(=O)N(Cc4ccc(Cl)c(Cl)c4)C3=O)c2)c1. The zero-order chi connectivity index (χ0) is 24.9. The maximum Gasteiger partial charge on any atom is 0.293 e. The smallest absolute Gasteiger partial charge is 0.293 e. The van der Waals surface area contributed by atoms with Gasteiger partial charge in [-0.1, -0.05) is 53.5 Å². The number of halogens is 2. The minimum Gasteiger partial charge on any atom is -0.484 e. The lowest BCUT2D eigenvalue weighted by Gasteiger charge is -2.13. The van der Waals surface area contributed by atoms with E-state index < -0.39 is 5.91 Å². The van der Waals surface area contributed by atoms with Gasteiger partial charge in [0.2, 0.25) is 0 Å². The van der Waals surface area contributed by atoms with Crippen molar-refractivity contribution in [1.29, 1.82) is 0 Å². The van der Waals surface area contributed by atoms with Gasteiger partial charge < -0.3 is 10.1 Å². The third-order valence-corrected chi connectivity index (χ3v) is 6.67. The Hall–Kier alpha value is -3.26. The van der Waals surface area contributed by atoms with Crippen molar-refractivity contribution in [2.45, 2.75) is 13.5 Å². The summed E-state index contributed by atoms with van der Waals surface area (Å²) >= 11 is 12.8. The highest BCUT2D eigenvalue weighted by molar-refractivity contribution is 8.18. The Morgan fingerprint density at radius 2 is 1.83 bits per heavy atom. The fourth-order valence-corrected chi connectivity index (χ4v) is 4.53. The van der Waals surface area contributed by atoms with Crippen molar-refractivity contribution in [1.82, 2.24) is 4.90 Å². The Kier molecular flexibility index (Phi) is 7.80. The maximum atomic E-state index is 12.8. The van der Waals surface area contributed by atoms with Crippen LogP contribution in [0.2, 0.25) is 10.0 Å². The number of hydrogen-bond donors (Lipinski definition) is 1. The Morgan fingerprint density at radius 1 is 1.03 bits per heavy atom. The third-order valence-electron chi connectivity index (χ3n) is 5.03. The minimum absolute atomic E-state index is 0.0953. The summed E-state index contributed by atoms with van der Waals surface area (Å²) in [5.74, 6) is -0.215. The van der Waals surface area contributed by atoms with Gasteiger partial charge in [0.15, 0.2) is 6.61 Å². The second kappa shape index (κ2) is 11.0. The van der Waals surface area contributed by atoms with E-state index in [4.69, 9.17) is 27.9 Å². The van der Waals surface area contributed by atoms with Crippen molar-refractivity contribution in [3.63, 3.8) is 0 Å². The van der Waals surface area contributed by atoms with Gasteiger partial charge in [-0.25, -0.2) is 0 Å². The predicted octanol–water partition coefficient (Wildman–Crippen LogP) is 6.56. The first-order chi connectivity index (χ1) is 16.8. The number of thioether (sulfide) groups is 1. The molecule has 1 aliphatic rings. The van der Waals surface area contributed by atoms with Crippen LogP contribution < -0.4 is 10.1 Å². The van der Waals surface area contributed by atoms with Crippen LogP contribution in [0.1, 0.15) is 16.7 Å². The summed E-state index contributed by atoms with van der Waals surface area (Å²) < 4.78 is 5.61. The van der Waals surface area contributed by atoms with Crippen LogP contribution in [-0.4, -0.2) is 28.6 Å². The fraction of sp³-hybridized carbons (Fsp3) is 0.115. The van der Waals surface area contributed by atoms with Crippen molar-refractivity contribution in [2.75, 3.05) is 11.9 Å². The highest BCUT2D eigenvalue weighted by atomic mass is 35.5. The van der Waals surface area contributed by atoms with Gasteiger partial charge >= 0.3 is 0 Å². The lowest BCUT2D eigenvalue weighted by molar-refractivity contribution is -0.123. The van der Waals surface area contributed by atoms with E-state index >= 15 is 0 Å². The second-order valence-corrected chi connectivity index (χ2v) is 9.60. The summed E-state index contributed by atoms with van der Waals surface area (Å²) in [5, 5.41) is 3.18. The van der Waals surface area contributed by atoms with Crippen LogP contribution in [0.5, 0.6) is 5.75 Å². The Balaban J connectivity index is 1.39. The molecule has 1 N–H and O–H groups in total. The van der Waals surface area contributed by atoms with Gasteiger partial charge in [-0.15, -0.1) is 0 Å². The number of anilines is 1. The Bertz CT molecular complexity index is 1340. The molecule has 9 heteroatoms. The lowest BCUT2D eigenvalue weighted by atomic mass is 10.2. The molecular weight excluding hydrogens is 507 g/mol. The van der Waals surface area contributed by atoms with Gasteiger partial charge in [0.1, 0.15) is 5.75 Å². The molecule has 0 unspecified atom stereocenters. The van der Waals surface area contributed by atoms with Crippen LogP contribution in [0.3, 0.4) is 0 Å². The molecule has 0 aromatic heterocycles. The normalized spacial score (nSPS) is 14.5. The number of hydrogen-bond acceptors (Lipinski definition) is 5. The van der Waals surface area contributed by atoms with Crippen LogP contribution >= 0.6 is 35.0 Å². The van der Waals surface area contributed by atoms with E-state index in [0.717, 1.165) is 22.2 Å². The second-order valence-electron chi connectivity index (χ2n) is 7.80. The first-order valence-electron chi connectivity index (χ1n) is 10.6. The molecule has 0 bridgehead atoms. The number of ether oxygens (including phenoxy) is 1. The maximum absolute atomic E-state index is 12.8. The van der Waals surface area contributed by atoms with E-state index in [-0.39, 0.29) is 24.3 Å². The Morgan fingerprint density at radius 3 is 2.60 bits per heavy atom. The average Bonchev–Trinajstić information content (AvgIpc) is 3.07. The lowest BCUT2D eigenvalue weighted by Crippen LogP contribution is -2.27. The first-order valence-corrected chi connectivity index (χ1v) is 12.1. The number of amides is 3. The predicted molar refractivity (Wildman–Crippen MR) is 140 cm³/mol. The van der Waals surface area contributed by atoms with Crippen LogP contribution in [-0.2, 0) is 16.1 Å². The summed E-state index contributed by atoms with van der Waals surface area (Å²) in [4.78, 5) is 39.0. The fourth-order valence-electron chi connectivity index (χ4n) is 3.37. The number of rotatable bonds is 7. The van der Waals surface area contributed by atoms with E-state index in [0.29, 0.717) is 37.5 Å². The number of aryl methyl sites for hydroxylation is 1. The molecular formula is C26H20Cl2N2O4S. The van der Waals surface area contributed by atoms with Gasteiger partial charge in [0.25, 0.3) is 17.1 Å². The number of imide groups is 1. The molecule has 1 fully saturated rings. The molecule has 0 aliphatic carbocycles. The quantitative estimate of drug-likeness (QED) is 0.353. The number of carbonyl (C=O) groups is 3. The summed E-state index contributed by atoms with van der Waals surface area (Å²) in [6.07, 6.45) is 1.62. The van der Waals surface area contributed by atoms with Crippen molar-refractivity contribution in [3.8, 4) is 5.75 Å². The summed E-state index contributed by atoms with van der Waals surface area (Å²) in [5.41, 5.74) is 3.10. The molecule has 4 rings (SSSR count). The zero-order valence-corrected chi connectivity index (χ0v) is 20.9. The van der Waals surface area contributed by atoms with Crippen LogP contribution in [0.4, 0.5) is 10.5 Å². The molecule has 3 aromatic carbocycles. The number of benzene rings is 3. The molecule has 1 heterocycles. The van der Waals surface area contributed by atoms with Crippen molar-refractivity contribution in [2.24, 2.45) is 0 Å².